The van der Waals surface area contributed by atoms with Crippen molar-refractivity contribution < 1.29 is 21.7 Å². The Morgan fingerprint density at radius 1 is 0.667 bits per heavy atom. The van der Waals surface area contributed by atoms with Gasteiger partial charge in [0.05, 0.1) is 0 Å². The third-order valence-electron chi connectivity index (χ3n) is 3.11. The monoisotopic (exact) mass is 344 g/mol. The second-order valence-corrected chi connectivity index (χ2v) is 6.42. The molecule has 0 heterocycles. The summed E-state index contributed by atoms with van der Waals surface area (Å²) in [5.41, 5.74) is 0. The van der Waals surface area contributed by atoms with Crippen LogP contribution in [0.5, 0.6) is 17.2 Å². The third-order valence-corrected chi connectivity index (χ3v) is 4.37. The second kappa shape index (κ2) is 6.72. The van der Waals surface area contributed by atoms with Crippen molar-refractivity contribution in [2.24, 2.45) is 0 Å². The number of rotatable bonds is 5. The molecular formula is C18H13FO4S. The van der Waals surface area contributed by atoms with Crippen LogP contribution in [0.3, 0.4) is 0 Å². The quantitative estimate of drug-likeness (QED) is 0.644. The Hall–Kier alpha value is -2.86. The highest BCUT2D eigenvalue weighted by Gasteiger charge is 2.16. The minimum Gasteiger partial charge on any atom is -0.457 e. The van der Waals surface area contributed by atoms with Crippen LogP contribution in [-0.4, -0.2) is 8.42 Å². The van der Waals surface area contributed by atoms with Crippen molar-refractivity contribution in [2.45, 2.75) is 4.90 Å². The zero-order valence-corrected chi connectivity index (χ0v) is 13.2. The van der Waals surface area contributed by atoms with E-state index in [-0.39, 0.29) is 10.6 Å². The summed E-state index contributed by atoms with van der Waals surface area (Å²) in [6.07, 6.45) is 0. The van der Waals surface area contributed by atoms with Crippen molar-refractivity contribution in [3.63, 3.8) is 0 Å². The van der Waals surface area contributed by atoms with Crippen LogP contribution in [0.15, 0.2) is 83.8 Å². The van der Waals surface area contributed by atoms with E-state index in [9.17, 15) is 12.8 Å². The van der Waals surface area contributed by atoms with Gasteiger partial charge in [0.1, 0.15) is 28.0 Å². The SMILES string of the molecule is O=S(=O)(Oc1ccc(Oc2ccccc2)cc1)c1ccc(F)cc1. The number of halogens is 1. The first-order chi connectivity index (χ1) is 11.5. The molecule has 4 nitrogen and oxygen atoms in total. The molecule has 6 heteroatoms. The van der Waals surface area contributed by atoms with Crippen LogP contribution in [0, 0.1) is 5.82 Å². The van der Waals surface area contributed by atoms with Crippen molar-refractivity contribution in [3.05, 3.63) is 84.7 Å². The normalized spacial score (nSPS) is 11.0. The molecular weight excluding hydrogens is 331 g/mol. The number of hydrogen-bond acceptors (Lipinski definition) is 4. The average molecular weight is 344 g/mol. The third kappa shape index (κ3) is 3.91. The van der Waals surface area contributed by atoms with Crippen LogP contribution >= 0.6 is 0 Å². The topological polar surface area (TPSA) is 52.6 Å². The molecule has 0 aliphatic carbocycles. The lowest BCUT2D eigenvalue weighted by Gasteiger charge is -2.09. The van der Waals surface area contributed by atoms with E-state index < -0.39 is 15.9 Å². The van der Waals surface area contributed by atoms with E-state index >= 15 is 0 Å². The van der Waals surface area contributed by atoms with Crippen molar-refractivity contribution in [1.29, 1.82) is 0 Å². The molecule has 0 aliphatic rings. The first-order valence-corrected chi connectivity index (χ1v) is 8.47. The molecule has 0 N–H and O–H groups in total. The molecule has 3 aromatic carbocycles. The van der Waals surface area contributed by atoms with Gasteiger partial charge in [-0.2, -0.15) is 8.42 Å². The van der Waals surface area contributed by atoms with E-state index in [0.29, 0.717) is 11.5 Å². The van der Waals surface area contributed by atoms with E-state index in [1.807, 2.05) is 30.3 Å². The van der Waals surface area contributed by atoms with Gasteiger partial charge in [-0.05, 0) is 60.7 Å². The molecule has 0 fully saturated rings. The summed E-state index contributed by atoms with van der Waals surface area (Å²) in [5.74, 6) is 0.842. The molecule has 3 rings (SSSR count). The fourth-order valence-corrected chi connectivity index (χ4v) is 2.89. The second-order valence-electron chi connectivity index (χ2n) is 4.88. The highest BCUT2D eigenvalue weighted by molar-refractivity contribution is 7.87. The smallest absolute Gasteiger partial charge is 0.339 e. The predicted octanol–water partition coefficient (Wildman–Crippen LogP) is 4.39. The molecule has 0 amide bonds. The van der Waals surface area contributed by atoms with Crippen LogP contribution in [0.2, 0.25) is 0 Å². The maximum Gasteiger partial charge on any atom is 0.339 e. The fourth-order valence-electron chi connectivity index (χ4n) is 1.96. The largest absolute Gasteiger partial charge is 0.457 e. The number of hydrogen-bond donors (Lipinski definition) is 0. The summed E-state index contributed by atoms with van der Waals surface area (Å²) in [6.45, 7) is 0. The number of para-hydroxylation sites is 1. The summed E-state index contributed by atoms with van der Waals surface area (Å²) in [6, 6.07) is 19.8. The van der Waals surface area contributed by atoms with Crippen molar-refractivity contribution >= 4 is 10.1 Å². The van der Waals surface area contributed by atoms with Crippen molar-refractivity contribution in [3.8, 4) is 17.2 Å². The van der Waals surface area contributed by atoms with Gasteiger partial charge in [-0.3, -0.25) is 0 Å². The Morgan fingerprint density at radius 3 is 1.83 bits per heavy atom. The van der Waals surface area contributed by atoms with Crippen LogP contribution in [0.1, 0.15) is 0 Å². The molecule has 3 aromatic rings. The highest BCUT2D eigenvalue weighted by Crippen LogP contribution is 2.25. The summed E-state index contributed by atoms with van der Waals surface area (Å²) < 4.78 is 47.7. The van der Waals surface area contributed by atoms with E-state index in [0.717, 1.165) is 24.3 Å². The maximum atomic E-state index is 12.9. The number of benzene rings is 3. The van der Waals surface area contributed by atoms with Crippen LogP contribution in [0.4, 0.5) is 4.39 Å². The molecule has 0 spiro atoms. The lowest BCUT2D eigenvalue weighted by molar-refractivity contribution is 0.474. The van der Waals surface area contributed by atoms with Crippen LogP contribution in [0.25, 0.3) is 0 Å². The van der Waals surface area contributed by atoms with Gasteiger partial charge in [-0.25, -0.2) is 4.39 Å². The van der Waals surface area contributed by atoms with Gasteiger partial charge in [-0.15, -0.1) is 0 Å². The first-order valence-electron chi connectivity index (χ1n) is 7.06. The minimum atomic E-state index is -4.01. The molecule has 0 unspecified atom stereocenters. The van der Waals surface area contributed by atoms with Gasteiger partial charge < -0.3 is 8.92 Å². The Morgan fingerprint density at radius 2 is 1.21 bits per heavy atom. The van der Waals surface area contributed by atoms with Crippen LogP contribution < -0.4 is 8.92 Å². The van der Waals surface area contributed by atoms with Crippen molar-refractivity contribution in [2.75, 3.05) is 0 Å². The van der Waals surface area contributed by atoms with Gasteiger partial charge in [-0.1, -0.05) is 18.2 Å². The molecule has 0 atom stereocenters. The molecule has 0 bridgehead atoms. The van der Waals surface area contributed by atoms with Crippen molar-refractivity contribution in [1.82, 2.24) is 0 Å². The zero-order chi connectivity index (χ0) is 17.0. The van der Waals surface area contributed by atoms with E-state index in [1.54, 1.807) is 12.1 Å². The average Bonchev–Trinajstić information content (AvgIpc) is 2.58. The van der Waals surface area contributed by atoms with E-state index in [4.69, 9.17) is 8.92 Å². The fraction of sp³-hybridized carbons (Fsp3) is 0. The molecule has 0 saturated heterocycles. The molecule has 122 valence electrons. The summed E-state index contributed by atoms with van der Waals surface area (Å²) in [5, 5.41) is 0. The summed E-state index contributed by atoms with van der Waals surface area (Å²) >= 11 is 0. The zero-order valence-electron chi connectivity index (χ0n) is 12.4. The van der Waals surface area contributed by atoms with E-state index in [2.05, 4.69) is 0 Å². The Kier molecular flexibility index (Phi) is 4.48. The lowest BCUT2D eigenvalue weighted by atomic mass is 10.3. The molecule has 0 aromatic heterocycles. The minimum absolute atomic E-state index is 0.117. The van der Waals surface area contributed by atoms with Gasteiger partial charge in [0.2, 0.25) is 0 Å². The molecule has 0 aliphatic heterocycles. The summed E-state index contributed by atoms with van der Waals surface area (Å²) in [4.78, 5) is -0.117. The van der Waals surface area contributed by atoms with E-state index in [1.165, 1.54) is 12.1 Å². The van der Waals surface area contributed by atoms with Gasteiger partial charge in [0, 0.05) is 0 Å². The molecule has 0 saturated carbocycles. The van der Waals surface area contributed by atoms with Gasteiger partial charge >= 0.3 is 10.1 Å². The highest BCUT2D eigenvalue weighted by atomic mass is 32.2. The maximum absolute atomic E-state index is 12.9. The lowest BCUT2D eigenvalue weighted by Crippen LogP contribution is -2.09. The summed E-state index contributed by atoms with van der Waals surface area (Å²) in [7, 11) is -4.01. The Bertz CT molecular complexity index is 905. The Balaban J connectivity index is 1.73. The number of ether oxygens (including phenoxy) is 1. The standard InChI is InChI=1S/C18H13FO4S/c19-14-6-12-18(13-7-14)24(20,21)23-17-10-8-16(9-11-17)22-15-4-2-1-3-5-15/h1-13H. The molecule has 0 radical (unpaired) electrons. The van der Waals surface area contributed by atoms with Gasteiger partial charge in [0.15, 0.2) is 0 Å². The van der Waals surface area contributed by atoms with Crippen LogP contribution in [-0.2, 0) is 10.1 Å². The predicted molar refractivity (Wildman–Crippen MR) is 87.2 cm³/mol. The molecule has 24 heavy (non-hydrogen) atoms. The first kappa shape index (κ1) is 16.0. The van der Waals surface area contributed by atoms with Gasteiger partial charge in [0.25, 0.3) is 0 Å². The Labute approximate surface area is 139 Å².